The van der Waals surface area contributed by atoms with Crippen molar-refractivity contribution in [2.75, 3.05) is 5.73 Å². The molecule has 0 saturated heterocycles. The van der Waals surface area contributed by atoms with Gasteiger partial charge in [-0.2, -0.15) is 0 Å². The molecule has 7 heteroatoms. The van der Waals surface area contributed by atoms with Gasteiger partial charge in [0.1, 0.15) is 0 Å². The van der Waals surface area contributed by atoms with Crippen molar-refractivity contribution >= 4 is 48.7 Å². The Kier molecular flexibility index (Phi) is 3.42. The van der Waals surface area contributed by atoms with Crippen molar-refractivity contribution < 1.29 is 4.21 Å². The summed E-state index contributed by atoms with van der Waals surface area (Å²) in [5.41, 5.74) is 7.15. The number of nitrogens with zero attached hydrogens (tertiary/aromatic N) is 2. The Balaban J connectivity index is 1.86. The zero-order valence-corrected chi connectivity index (χ0v) is 13.0. The molecule has 0 spiro atoms. The smallest absolute Gasteiger partial charge is 0.193 e. The summed E-state index contributed by atoms with van der Waals surface area (Å²) < 4.78 is 15.0. The first-order valence-electron chi connectivity index (χ1n) is 5.48. The summed E-state index contributed by atoms with van der Waals surface area (Å²) in [6, 6.07) is 5.30. The molecule has 1 unspecified atom stereocenters. The molecule has 0 fully saturated rings. The Bertz CT molecular complexity index is 737. The standard InChI is InChI=1S/C12H10BrN3OS2/c13-10-5-8(14)1-2-11(10)19(17)7-9-6-16-3-4-18-12(16)15-9/h1-6H,7,14H2. The third kappa shape index (κ3) is 2.58. The molecule has 3 aromatic rings. The van der Waals surface area contributed by atoms with Gasteiger partial charge in [-0.05, 0) is 34.1 Å². The fourth-order valence-corrected chi connectivity index (χ4v) is 4.48. The summed E-state index contributed by atoms with van der Waals surface area (Å²) >= 11 is 4.95. The zero-order valence-electron chi connectivity index (χ0n) is 9.75. The van der Waals surface area contributed by atoms with E-state index >= 15 is 0 Å². The summed E-state index contributed by atoms with van der Waals surface area (Å²) in [4.78, 5) is 6.09. The maximum atomic E-state index is 12.3. The quantitative estimate of drug-likeness (QED) is 0.734. The lowest BCUT2D eigenvalue weighted by atomic mass is 10.3. The fraction of sp³-hybridized carbons (Fsp3) is 0.0833. The van der Waals surface area contributed by atoms with Crippen LogP contribution in [0.3, 0.4) is 0 Å². The highest BCUT2D eigenvalue weighted by molar-refractivity contribution is 9.10. The highest BCUT2D eigenvalue weighted by Gasteiger charge is 2.12. The van der Waals surface area contributed by atoms with E-state index in [9.17, 15) is 4.21 Å². The molecular formula is C12H10BrN3OS2. The monoisotopic (exact) mass is 355 g/mol. The van der Waals surface area contributed by atoms with E-state index in [0.29, 0.717) is 11.4 Å². The normalized spacial score (nSPS) is 12.9. The van der Waals surface area contributed by atoms with Gasteiger partial charge in [0.05, 0.1) is 27.1 Å². The second kappa shape index (κ2) is 5.07. The Hall–Kier alpha value is -1.18. The molecule has 2 N–H and O–H groups in total. The van der Waals surface area contributed by atoms with Crippen LogP contribution < -0.4 is 5.73 Å². The van der Waals surface area contributed by atoms with E-state index in [-0.39, 0.29) is 0 Å². The van der Waals surface area contributed by atoms with E-state index in [1.807, 2.05) is 22.2 Å². The van der Waals surface area contributed by atoms with Crippen LogP contribution in [0, 0.1) is 0 Å². The molecule has 0 aliphatic carbocycles. The minimum atomic E-state index is -1.14. The lowest BCUT2D eigenvalue weighted by Gasteiger charge is -2.04. The second-order valence-corrected chi connectivity index (χ2v) is 7.15. The third-order valence-corrected chi connectivity index (χ3v) is 5.72. The molecule has 0 aliphatic heterocycles. The van der Waals surface area contributed by atoms with Crippen LogP contribution in [0.2, 0.25) is 0 Å². The van der Waals surface area contributed by atoms with E-state index in [0.717, 1.165) is 20.0 Å². The van der Waals surface area contributed by atoms with Gasteiger partial charge in [-0.3, -0.25) is 8.61 Å². The molecule has 98 valence electrons. The number of aromatic nitrogens is 2. The van der Waals surface area contributed by atoms with Crippen molar-refractivity contribution in [1.82, 2.24) is 9.38 Å². The molecule has 0 bridgehead atoms. The van der Waals surface area contributed by atoms with Crippen molar-refractivity contribution in [2.24, 2.45) is 0 Å². The summed E-state index contributed by atoms with van der Waals surface area (Å²) in [6.45, 7) is 0. The van der Waals surface area contributed by atoms with Gasteiger partial charge in [-0.15, -0.1) is 11.3 Å². The number of hydrogen-bond acceptors (Lipinski definition) is 4. The molecule has 2 aromatic heterocycles. The van der Waals surface area contributed by atoms with Crippen LogP contribution in [-0.4, -0.2) is 13.6 Å². The minimum Gasteiger partial charge on any atom is -0.399 e. The average molecular weight is 356 g/mol. The molecular weight excluding hydrogens is 346 g/mol. The predicted octanol–water partition coefficient (Wildman–Crippen LogP) is 3.05. The van der Waals surface area contributed by atoms with Crippen LogP contribution in [0.15, 0.2) is 45.3 Å². The molecule has 0 saturated carbocycles. The van der Waals surface area contributed by atoms with E-state index in [1.54, 1.807) is 29.5 Å². The number of nitrogen functional groups attached to an aromatic ring is 1. The minimum absolute atomic E-state index is 0.400. The zero-order chi connectivity index (χ0) is 13.4. The van der Waals surface area contributed by atoms with Crippen LogP contribution >= 0.6 is 27.3 Å². The highest BCUT2D eigenvalue weighted by atomic mass is 79.9. The van der Waals surface area contributed by atoms with Crippen LogP contribution in [0.25, 0.3) is 4.96 Å². The first kappa shape index (κ1) is 12.8. The molecule has 0 radical (unpaired) electrons. The fourth-order valence-electron chi connectivity index (χ4n) is 1.76. The third-order valence-electron chi connectivity index (χ3n) is 2.62. The van der Waals surface area contributed by atoms with E-state index < -0.39 is 10.8 Å². The number of rotatable bonds is 3. The van der Waals surface area contributed by atoms with E-state index in [4.69, 9.17) is 5.73 Å². The van der Waals surface area contributed by atoms with Crippen LogP contribution in [-0.2, 0) is 16.6 Å². The van der Waals surface area contributed by atoms with Crippen LogP contribution in [0.5, 0.6) is 0 Å². The Labute approximate surface area is 124 Å². The number of nitrogens with two attached hydrogens (primary N) is 1. The second-order valence-electron chi connectivity index (χ2n) is 4.00. The largest absolute Gasteiger partial charge is 0.399 e. The van der Waals surface area contributed by atoms with Gasteiger partial charge in [0, 0.05) is 27.9 Å². The number of fused-ring (bicyclic) bond motifs is 1. The Morgan fingerprint density at radius 2 is 2.32 bits per heavy atom. The molecule has 2 heterocycles. The molecule has 19 heavy (non-hydrogen) atoms. The lowest BCUT2D eigenvalue weighted by molar-refractivity contribution is 0.682. The van der Waals surface area contributed by atoms with Crippen molar-refractivity contribution in [3.8, 4) is 0 Å². The van der Waals surface area contributed by atoms with Crippen molar-refractivity contribution in [1.29, 1.82) is 0 Å². The summed E-state index contributed by atoms with van der Waals surface area (Å²) in [6.07, 6.45) is 3.85. The molecule has 0 amide bonds. The number of thiazole rings is 1. The number of anilines is 1. The van der Waals surface area contributed by atoms with Crippen LogP contribution in [0.1, 0.15) is 5.69 Å². The van der Waals surface area contributed by atoms with Gasteiger partial charge >= 0.3 is 0 Å². The molecule has 0 aliphatic rings. The average Bonchev–Trinajstić information content (AvgIpc) is 2.89. The molecule has 1 aromatic carbocycles. The Morgan fingerprint density at radius 3 is 3.05 bits per heavy atom. The Morgan fingerprint density at radius 1 is 1.47 bits per heavy atom. The summed E-state index contributed by atoms with van der Waals surface area (Å²) in [7, 11) is -1.14. The number of imidazole rings is 1. The summed E-state index contributed by atoms with van der Waals surface area (Å²) in [5, 5.41) is 1.97. The highest BCUT2D eigenvalue weighted by Crippen LogP contribution is 2.25. The van der Waals surface area contributed by atoms with Crippen LogP contribution in [0.4, 0.5) is 5.69 Å². The predicted molar refractivity (Wildman–Crippen MR) is 81.7 cm³/mol. The van der Waals surface area contributed by atoms with Crippen molar-refractivity contribution in [2.45, 2.75) is 10.6 Å². The number of hydrogen-bond donors (Lipinski definition) is 1. The van der Waals surface area contributed by atoms with Gasteiger partial charge in [-0.1, -0.05) is 0 Å². The number of benzene rings is 1. The first-order chi connectivity index (χ1) is 9.13. The van der Waals surface area contributed by atoms with Gasteiger partial charge in [0.25, 0.3) is 0 Å². The first-order valence-corrected chi connectivity index (χ1v) is 8.47. The van der Waals surface area contributed by atoms with Gasteiger partial charge < -0.3 is 5.73 Å². The van der Waals surface area contributed by atoms with Gasteiger partial charge in [0.15, 0.2) is 4.96 Å². The van der Waals surface area contributed by atoms with E-state index in [1.165, 1.54) is 0 Å². The van der Waals surface area contributed by atoms with Gasteiger partial charge in [0.2, 0.25) is 0 Å². The number of halogens is 1. The topological polar surface area (TPSA) is 60.4 Å². The molecule has 4 nitrogen and oxygen atoms in total. The molecule has 1 atom stereocenters. The van der Waals surface area contributed by atoms with E-state index in [2.05, 4.69) is 20.9 Å². The summed E-state index contributed by atoms with van der Waals surface area (Å²) in [5.74, 6) is 0.400. The van der Waals surface area contributed by atoms with Crippen molar-refractivity contribution in [3.63, 3.8) is 0 Å². The lowest BCUT2D eigenvalue weighted by Crippen LogP contribution is -1.98. The van der Waals surface area contributed by atoms with Crippen molar-refractivity contribution in [3.05, 3.63) is 46.1 Å². The SMILES string of the molecule is Nc1ccc(S(=O)Cc2cn3ccsc3n2)c(Br)c1. The maximum absolute atomic E-state index is 12.3. The molecule has 3 rings (SSSR count). The van der Waals surface area contributed by atoms with Gasteiger partial charge in [-0.25, -0.2) is 4.98 Å². The maximum Gasteiger partial charge on any atom is 0.193 e.